The zero-order chi connectivity index (χ0) is 15.0. The van der Waals surface area contributed by atoms with E-state index in [9.17, 15) is 14.4 Å². The van der Waals surface area contributed by atoms with Crippen molar-refractivity contribution in [1.29, 1.82) is 0 Å². The molecule has 0 saturated heterocycles. The Hall–Kier alpha value is -2.37. The van der Waals surface area contributed by atoms with E-state index >= 15 is 0 Å². The molecule has 0 aliphatic carbocycles. The standard InChI is InChI=1S/C14H18N2O4/c1-10(13(18)16-14(19)15-2)20-12(17)9-8-11-6-4-3-5-7-11/h3-7,10H,8-9H2,1-2H3,(H2,15,16,18,19)/t10-/m1/s1. The van der Waals surface area contributed by atoms with E-state index < -0.39 is 24.0 Å². The van der Waals surface area contributed by atoms with Crippen molar-refractivity contribution in [3.05, 3.63) is 35.9 Å². The first-order valence-electron chi connectivity index (χ1n) is 6.29. The van der Waals surface area contributed by atoms with E-state index in [1.807, 2.05) is 35.6 Å². The lowest BCUT2D eigenvalue weighted by atomic mass is 10.1. The molecule has 1 aromatic rings. The van der Waals surface area contributed by atoms with E-state index in [4.69, 9.17) is 4.74 Å². The number of rotatable bonds is 5. The molecule has 0 fully saturated rings. The number of carbonyl (C=O) groups excluding carboxylic acids is 3. The van der Waals surface area contributed by atoms with Crippen LogP contribution in [0.4, 0.5) is 4.79 Å². The monoisotopic (exact) mass is 278 g/mol. The Morgan fingerprint density at radius 3 is 2.45 bits per heavy atom. The van der Waals surface area contributed by atoms with E-state index in [0.29, 0.717) is 6.42 Å². The Bertz CT molecular complexity index is 473. The van der Waals surface area contributed by atoms with Gasteiger partial charge in [0.2, 0.25) is 0 Å². The molecule has 6 heteroatoms. The van der Waals surface area contributed by atoms with Gasteiger partial charge in [-0.1, -0.05) is 30.3 Å². The fourth-order valence-corrected chi connectivity index (χ4v) is 1.48. The molecule has 0 unspecified atom stereocenters. The van der Waals surface area contributed by atoms with E-state index in [1.165, 1.54) is 14.0 Å². The van der Waals surface area contributed by atoms with E-state index in [0.717, 1.165) is 5.56 Å². The molecule has 1 aromatic carbocycles. The van der Waals surface area contributed by atoms with Crippen molar-refractivity contribution in [2.24, 2.45) is 0 Å². The summed E-state index contributed by atoms with van der Waals surface area (Å²) in [6, 6.07) is 8.86. The fourth-order valence-electron chi connectivity index (χ4n) is 1.48. The zero-order valence-corrected chi connectivity index (χ0v) is 11.5. The summed E-state index contributed by atoms with van der Waals surface area (Å²) >= 11 is 0. The number of amides is 3. The van der Waals surface area contributed by atoms with Gasteiger partial charge in [-0.25, -0.2) is 4.79 Å². The number of carbonyl (C=O) groups is 3. The number of hydrogen-bond acceptors (Lipinski definition) is 4. The topological polar surface area (TPSA) is 84.5 Å². The van der Waals surface area contributed by atoms with Crippen LogP contribution in [0.1, 0.15) is 18.9 Å². The molecule has 0 heterocycles. The minimum Gasteiger partial charge on any atom is -0.453 e. The minimum absolute atomic E-state index is 0.182. The van der Waals surface area contributed by atoms with Crippen molar-refractivity contribution >= 4 is 17.9 Å². The van der Waals surface area contributed by atoms with Gasteiger partial charge in [0.05, 0.1) is 0 Å². The molecule has 1 atom stereocenters. The SMILES string of the molecule is CNC(=O)NC(=O)[C@@H](C)OC(=O)CCc1ccccc1. The normalized spacial score (nSPS) is 11.3. The Morgan fingerprint density at radius 2 is 1.85 bits per heavy atom. The largest absolute Gasteiger partial charge is 0.453 e. The van der Waals surface area contributed by atoms with Gasteiger partial charge in [-0.3, -0.25) is 14.9 Å². The third kappa shape index (κ3) is 5.51. The molecule has 0 radical (unpaired) electrons. The molecule has 0 spiro atoms. The number of esters is 1. The number of nitrogens with one attached hydrogen (secondary N) is 2. The highest BCUT2D eigenvalue weighted by Gasteiger charge is 2.19. The van der Waals surface area contributed by atoms with Crippen LogP contribution in [-0.4, -0.2) is 31.1 Å². The number of aryl methyl sites for hydroxylation is 1. The number of ether oxygens (including phenoxy) is 1. The molecular weight excluding hydrogens is 260 g/mol. The molecule has 0 aromatic heterocycles. The first-order valence-corrected chi connectivity index (χ1v) is 6.29. The van der Waals surface area contributed by atoms with E-state index in [1.54, 1.807) is 0 Å². The molecule has 108 valence electrons. The number of benzene rings is 1. The summed E-state index contributed by atoms with van der Waals surface area (Å²) in [6.45, 7) is 1.42. The van der Waals surface area contributed by atoms with Crippen molar-refractivity contribution < 1.29 is 19.1 Å². The number of hydrogen-bond donors (Lipinski definition) is 2. The predicted molar refractivity (Wildman–Crippen MR) is 72.9 cm³/mol. The first kappa shape index (κ1) is 15.7. The van der Waals surface area contributed by atoms with Crippen molar-refractivity contribution in [2.45, 2.75) is 25.9 Å². The van der Waals surface area contributed by atoms with Crippen molar-refractivity contribution in [3.8, 4) is 0 Å². The summed E-state index contributed by atoms with van der Waals surface area (Å²) in [7, 11) is 1.39. The average molecular weight is 278 g/mol. The van der Waals surface area contributed by atoms with Gasteiger partial charge >= 0.3 is 12.0 Å². The van der Waals surface area contributed by atoms with Gasteiger partial charge in [0.1, 0.15) is 0 Å². The molecule has 0 aliphatic heterocycles. The van der Waals surface area contributed by atoms with Gasteiger partial charge < -0.3 is 10.1 Å². The summed E-state index contributed by atoms with van der Waals surface area (Å²) in [5, 5.41) is 4.28. The molecule has 0 bridgehead atoms. The zero-order valence-electron chi connectivity index (χ0n) is 11.5. The Kier molecular flexibility index (Phi) is 6.22. The number of urea groups is 1. The molecule has 1 rings (SSSR count). The quantitative estimate of drug-likeness (QED) is 0.787. The second-order valence-electron chi connectivity index (χ2n) is 4.19. The summed E-state index contributed by atoms with van der Waals surface area (Å²) in [6.07, 6.45) is -0.277. The third-order valence-electron chi connectivity index (χ3n) is 2.60. The van der Waals surface area contributed by atoms with Crippen LogP contribution in [-0.2, 0) is 20.7 Å². The Balaban J connectivity index is 2.34. The molecule has 0 aliphatic rings. The molecule has 0 saturated carbocycles. The highest BCUT2D eigenvalue weighted by Crippen LogP contribution is 2.04. The third-order valence-corrected chi connectivity index (χ3v) is 2.60. The molecule has 6 nitrogen and oxygen atoms in total. The second-order valence-corrected chi connectivity index (χ2v) is 4.19. The predicted octanol–water partition coefficient (Wildman–Crippen LogP) is 1.01. The highest BCUT2D eigenvalue weighted by atomic mass is 16.5. The van der Waals surface area contributed by atoms with E-state index in [2.05, 4.69) is 5.32 Å². The van der Waals surface area contributed by atoms with Crippen molar-refractivity contribution in [3.63, 3.8) is 0 Å². The van der Waals surface area contributed by atoms with Gasteiger partial charge in [0.15, 0.2) is 6.10 Å². The molecular formula is C14H18N2O4. The number of imide groups is 1. The van der Waals surface area contributed by atoms with Crippen LogP contribution < -0.4 is 10.6 Å². The lowest BCUT2D eigenvalue weighted by Gasteiger charge is -2.12. The maximum absolute atomic E-state index is 11.6. The fraction of sp³-hybridized carbons (Fsp3) is 0.357. The lowest BCUT2D eigenvalue weighted by molar-refractivity contribution is -0.154. The van der Waals surface area contributed by atoms with Gasteiger partial charge in [-0.15, -0.1) is 0 Å². The molecule has 3 amide bonds. The van der Waals surface area contributed by atoms with Gasteiger partial charge in [-0.2, -0.15) is 0 Å². The average Bonchev–Trinajstić information content (AvgIpc) is 2.45. The smallest absolute Gasteiger partial charge is 0.321 e. The van der Waals surface area contributed by atoms with Gasteiger partial charge in [-0.05, 0) is 18.9 Å². The van der Waals surface area contributed by atoms with Crippen LogP contribution in [0.3, 0.4) is 0 Å². The van der Waals surface area contributed by atoms with Crippen LogP contribution in [0.25, 0.3) is 0 Å². The van der Waals surface area contributed by atoms with E-state index in [-0.39, 0.29) is 6.42 Å². The maximum atomic E-state index is 11.6. The maximum Gasteiger partial charge on any atom is 0.321 e. The summed E-state index contributed by atoms with van der Waals surface area (Å²) in [5.41, 5.74) is 1.02. The van der Waals surface area contributed by atoms with Gasteiger partial charge in [0.25, 0.3) is 5.91 Å². The first-order chi connectivity index (χ1) is 9.52. The summed E-state index contributed by atoms with van der Waals surface area (Å²) in [4.78, 5) is 34.0. The second kappa shape index (κ2) is 7.93. The van der Waals surface area contributed by atoms with Gasteiger partial charge in [0, 0.05) is 13.5 Å². The summed E-state index contributed by atoms with van der Waals surface area (Å²) < 4.78 is 4.95. The lowest BCUT2D eigenvalue weighted by Crippen LogP contribution is -2.43. The molecule has 2 N–H and O–H groups in total. The Morgan fingerprint density at radius 1 is 1.20 bits per heavy atom. The van der Waals surface area contributed by atoms with Crippen LogP contribution in [0.5, 0.6) is 0 Å². The van der Waals surface area contributed by atoms with Crippen molar-refractivity contribution in [2.75, 3.05) is 7.05 Å². The van der Waals surface area contributed by atoms with Crippen molar-refractivity contribution in [1.82, 2.24) is 10.6 Å². The molecule has 20 heavy (non-hydrogen) atoms. The minimum atomic E-state index is -1.00. The summed E-state index contributed by atoms with van der Waals surface area (Å²) in [5.74, 6) is -1.13. The highest BCUT2D eigenvalue weighted by molar-refractivity contribution is 5.96. The van der Waals surface area contributed by atoms with Crippen LogP contribution in [0.2, 0.25) is 0 Å². The van der Waals surface area contributed by atoms with Crippen LogP contribution in [0, 0.1) is 0 Å². The van der Waals surface area contributed by atoms with Crippen LogP contribution >= 0.6 is 0 Å². The Labute approximate surface area is 117 Å². The van der Waals surface area contributed by atoms with Crippen LogP contribution in [0.15, 0.2) is 30.3 Å².